The zero-order valence-corrected chi connectivity index (χ0v) is 9.27. The van der Waals surface area contributed by atoms with Gasteiger partial charge in [0.1, 0.15) is 0 Å². The van der Waals surface area contributed by atoms with E-state index in [4.69, 9.17) is 5.73 Å². The van der Waals surface area contributed by atoms with E-state index < -0.39 is 0 Å². The summed E-state index contributed by atoms with van der Waals surface area (Å²) < 4.78 is 1.63. The molecular weight excluding hydrogens is 198 g/mol. The molecule has 0 fully saturated rings. The zero-order chi connectivity index (χ0) is 10.4. The van der Waals surface area contributed by atoms with Crippen molar-refractivity contribution in [2.24, 2.45) is 5.73 Å². The summed E-state index contributed by atoms with van der Waals surface area (Å²) in [5.41, 5.74) is 5.54. The molecule has 1 aliphatic rings. The lowest BCUT2D eigenvalue weighted by molar-refractivity contribution is 0.228. The summed E-state index contributed by atoms with van der Waals surface area (Å²) in [5.74, 6) is 0. The minimum Gasteiger partial charge on any atom is -0.392 e. The van der Waals surface area contributed by atoms with Gasteiger partial charge in [0.25, 0.3) is 0 Å². The summed E-state index contributed by atoms with van der Waals surface area (Å²) in [4.78, 5) is 11.5. The highest BCUT2D eigenvalue weighted by Crippen LogP contribution is 2.22. The van der Waals surface area contributed by atoms with E-state index in [-0.39, 0.29) is 6.03 Å². The van der Waals surface area contributed by atoms with Crippen LogP contribution in [0.4, 0.5) is 4.79 Å². The number of nitrogens with one attached hydrogen (secondary N) is 1. The van der Waals surface area contributed by atoms with E-state index in [1.807, 2.05) is 6.08 Å². The molecule has 5 heteroatoms. The first-order valence-electron chi connectivity index (χ1n) is 4.93. The van der Waals surface area contributed by atoms with Gasteiger partial charge in [-0.05, 0) is 12.5 Å². The molecule has 1 rings (SSSR count). The smallest absolute Gasteiger partial charge is 0.328 e. The van der Waals surface area contributed by atoms with E-state index in [0.29, 0.717) is 11.6 Å². The quantitative estimate of drug-likeness (QED) is 0.554. The second-order valence-electron chi connectivity index (χ2n) is 3.20. The topological polar surface area (TPSA) is 58.4 Å². The Morgan fingerprint density at radius 1 is 1.71 bits per heavy atom. The number of nitrogens with zero attached hydrogens (tertiary/aromatic N) is 1. The second-order valence-corrected chi connectivity index (χ2v) is 4.29. The van der Waals surface area contributed by atoms with Gasteiger partial charge in [-0.3, -0.25) is 4.31 Å². The third kappa shape index (κ3) is 3.49. The van der Waals surface area contributed by atoms with E-state index >= 15 is 0 Å². The molecule has 14 heavy (non-hydrogen) atoms. The van der Waals surface area contributed by atoms with Gasteiger partial charge in [-0.2, -0.15) is 0 Å². The molecule has 4 nitrogen and oxygen atoms in total. The van der Waals surface area contributed by atoms with Crippen molar-refractivity contribution in [2.75, 3.05) is 13.1 Å². The Labute approximate surface area is 89.0 Å². The van der Waals surface area contributed by atoms with Crippen molar-refractivity contribution in [1.29, 1.82) is 0 Å². The molecule has 3 N–H and O–H groups in total. The van der Waals surface area contributed by atoms with E-state index in [0.717, 1.165) is 19.4 Å². The number of urea groups is 1. The second kappa shape index (κ2) is 5.80. The summed E-state index contributed by atoms with van der Waals surface area (Å²) in [5, 5.41) is 3.56. The number of carbonyl (C=O) groups excluding carboxylic acids is 1. The Morgan fingerprint density at radius 2 is 2.50 bits per heavy atom. The molecule has 1 heterocycles. The summed E-state index contributed by atoms with van der Waals surface area (Å²) in [6.45, 7) is 3.50. The van der Waals surface area contributed by atoms with Crippen LogP contribution in [0.3, 0.4) is 0 Å². The molecule has 0 aliphatic carbocycles. The first-order chi connectivity index (χ1) is 6.74. The molecule has 0 aromatic carbocycles. The molecule has 0 saturated heterocycles. The largest absolute Gasteiger partial charge is 0.392 e. The molecule has 0 aromatic rings. The lowest BCUT2D eigenvalue weighted by Gasteiger charge is -2.14. The minimum absolute atomic E-state index is 0.0391. The number of hydrogen-bond donors (Lipinski definition) is 2. The van der Waals surface area contributed by atoms with Crippen LogP contribution in [0.25, 0.3) is 0 Å². The molecule has 1 aliphatic heterocycles. The highest BCUT2D eigenvalue weighted by atomic mass is 32.2. The van der Waals surface area contributed by atoms with Crippen molar-refractivity contribution in [3.63, 3.8) is 0 Å². The number of carbonyl (C=O) groups is 1. The molecule has 80 valence electrons. The predicted molar refractivity (Wildman–Crippen MR) is 59.5 cm³/mol. The molecule has 0 spiro atoms. The molecule has 0 atom stereocenters. The highest BCUT2D eigenvalue weighted by molar-refractivity contribution is 8.01. The molecule has 0 saturated carbocycles. The van der Waals surface area contributed by atoms with Crippen LogP contribution in [0.15, 0.2) is 11.1 Å². The van der Waals surface area contributed by atoms with Gasteiger partial charge in [-0.15, -0.1) is 0 Å². The van der Waals surface area contributed by atoms with Crippen LogP contribution in [0.1, 0.15) is 26.2 Å². The fraction of sp³-hybridized carbons (Fsp3) is 0.667. The van der Waals surface area contributed by atoms with Crippen LogP contribution < -0.4 is 11.1 Å². The molecule has 2 amide bonds. The third-order valence-corrected chi connectivity index (χ3v) is 2.87. The van der Waals surface area contributed by atoms with Crippen LogP contribution in [-0.2, 0) is 0 Å². The summed E-state index contributed by atoms with van der Waals surface area (Å²) in [7, 11) is 0. The number of nitrogens with two attached hydrogens (primary N) is 1. The number of amides is 2. The maximum atomic E-state index is 11.5. The van der Waals surface area contributed by atoms with Gasteiger partial charge in [-0.1, -0.05) is 19.8 Å². The standard InChI is InChI=1S/C9H17N3OS/c1-2-3-4-6-11-9(13)12-7-5-8(10)14-12/h5H,2-4,6-7,10H2,1H3,(H,11,13). The lowest BCUT2D eigenvalue weighted by atomic mass is 10.2. The molecule has 0 bridgehead atoms. The van der Waals surface area contributed by atoms with Crippen molar-refractivity contribution in [3.8, 4) is 0 Å². The Morgan fingerprint density at radius 3 is 3.07 bits per heavy atom. The van der Waals surface area contributed by atoms with Gasteiger partial charge >= 0.3 is 6.03 Å². The first kappa shape index (κ1) is 11.2. The molecule has 0 unspecified atom stereocenters. The first-order valence-corrected chi connectivity index (χ1v) is 5.70. The highest BCUT2D eigenvalue weighted by Gasteiger charge is 2.18. The Kier molecular flexibility index (Phi) is 4.65. The van der Waals surface area contributed by atoms with Gasteiger partial charge in [0.2, 0.25) is 0 Å². The Hall–Kier alpha value is -0.840. The third-order valence-electron chi connectivity index (χ3n) is 1.96. The van der Waals surface area contributed by atoms with Crippen molar-refractivity contribution < 1.29 is 4.79 Å². The summed E-state index contributed by atoms with van der Waals surface area (Å²) in [6, 6.07) is -0.0391. The van der Waals surface area contributed by atoms with Gasteiger partial charge in [0, 0.05) is 18.5 Å². The van der Waals surface area contributed by atoms with E-state index in [1.54, 1.807) is 4.31 Å². The summed E-state index contributed by atoms with van der Waals surface area (Å²) >= 11 is 1.30. The van der Waals surface area contributed by atoms with Gasteiger partial charge in [0.15, 0.2) is 0 Å². The fourth-order valence-corrected chi connectivity index (χ4v) is 1.86. The molecule has 0 radical (unpaired) electrons. The van der Waals surface area contributed by atoms with Crippen molar-refractivity contribution in [3.05, 3.63) is 11.1 Å². The molecular formula is C9H17N3OS. The van der Waals surface area contributed by atoms with Crippen LogP contribution in [0, 0.1) is 0 Å². The number of hydrogen-bond acceptors (Lipinski definition) is 3. The fourth-order valence-electron chi connectivity index (χ4n) is 1.16. The van der Waals surface area contributed by atoms with Crippen molar-refractivity contribution >= 4 is 18.0 Å². The predicted octanol–water partition coefficient (Wildman–Crippen LogP) is 1.65. The van der Waals surface area contributed by atoms with Crippen LogP contribution in [0.5, 0.6) is 0 Å². The van der Waals surface area contributed by atoms with Gasteiger partial charge in [-0.25, -0.2) is 4.79 Å². The SMILES string of the molecule is CCCCCNC(=O)N1CC=C(N)S1. The monoisotopic (exact) mass is 215 g/mol. The zero-order valence-electron chi connectivity index (χ0n) is 8.45. The van der Waals surface area contributed by atoms with Crippen LogP contribution >= 0.6 is 11.9 Å². The van der Waals surface area contributed by atoms with Crippen molar-refractivity contribution in [2.45, 2.75) is 26.2 Å². The van der Waals surface area contributed by atoms with Gasteiger partial charge < -0.3 is 11.1 Å². The Balaban J connectivity index is 2.11. The Bertz CT molecular complexity index is 230. The average Bonchev–Trinajstić information content (AvgIpc) is 2.59. The van der Waals surface area contributed by atoms with Gasteiger partial charge in [0.05, 0.1) is 11.6 Å². The maximum absolute atomic E-state index is 11.5. The number of unbranched alkanes of at least 4 members (excludes halogenated alkanes) is 2. The van der Waals surface area contributed by atoms with E-state index in [9.17, 15) is 4.79 Å². The summed E-state index contributed by atoms with van der Waals surface area (Å²) in [6.07, 6.45) is 5.22. The average molecular weight is 215 g/mol. The van der Waals surface area contributed by atoms with E-state index in [1.165, 1.54) is 18.4 Å². The number of rotatable bonds is 4. The van der Waals surface area contributed by atoms with Crippen LogP contribution in [0.2, 0.25) is 0 Å². The van der Waals surface area contributed by atoms with E-state index in [2.05, 4.69) is 12.2 Å². The lowest BCUT2D eigenvalue weighted by Crippen LogP contribution is -2.34. The van der Waals surface area contributed by atoms with Crippen molar-refractivity contribution in [1.82, 2.24) is 9.62 Å². The maximum Gasteiger partial charge on any atom is 0.328 e. The minimum atomic E-state index is -0.0391. The van der Waals surface area contributed by atoms with Crippen LogP contribution in [-0.4, -0.2) is 23.4 Å². The molecule has 0 aromatic heterocycles. The normalized spacial score (nSPS) is 15.5.